The van der Waals surface area contributed by atoms with Gasteiger partial charge in [-0.25, -0.2) is 0 Å². The summed E-state index contributed by atoms with van der Waals surface area (Å²) in [5.74, 6) is -0.588. The molecule has 0 spiro atoms. The molecule has 2 aromatic carbocycles. The minimum absolute atomic E-state index is 0.307. The molecule has 0 heterocycles. The van der Waals surface area contributed by atoms with Crippen LogP contribution in [0.2, 0.25) is 0 Å². The van der Waals surface area contributed by atoms with E-state index in [2.05, 4.69) is 0 Å². The number of allylic oxidation sites excluding steroid dienone is 1. The molecule has 0 atom stereocenters. The van der Waals surface area contributed by atoms with Gasteiger partial charge in [-0.15, -0.1) is 0 Å². The highest BCUT2D eigenvalue weighted by molar-refractivity contribution is 6.09. The first kappa shape index (κ1) is 12.7. The number of nitro groups is 1. The summed E-state index contributed by atoms with van der Waals surface area (Å²) < 4.78 is 0. The van der Waals surface area contributed by atoms with Crippen molar-refractivity contribution in [2.45, 2.75) is 0 Å². The zero-order valence-corrected chi connectivity index (χ0v) is 10.0. The molecule has 0 aliphatic heterocycles. The number of hydrogen-bond donors (Lipinski definition) is 0. The molecule has 0 aliphatic carbocycles. The van der Waals surface area contributed by atoms with Crippen LogP contribution in [0.4, 0.5) is 0 Å². The SMILES string of the molecule is O=C(C(=Cc1ccccc1)[N+](=O)[O-])c1ccccc1. The number of benzene rings is 2. The highest BCUT2D eigenvalue weighted by atomic mass is 16.6. The molecule has 19 heavy (non-hydrogen) atoms. The predicted molar refractivity (Wildman–Crippen MR) is 72.2 cm³/mol. The predicted octanol–water partition coefficient (Wildman–Crippen LogP) is 3.19. The molecule has 0 amide bonds. The lowest BCUT2D eigenvalue weighted by Gasteiger charge is -1.99. The highest BCUT2D eigenvalue weighted by Gasteiger charge is 2.23. The summed E-state index contributed by atoms with van der Waals surface area (Å²) >= 11 is 0. The minimum Gasteiger partial charge on any atom is -0.282 e. The van der Waals surface area contributed by atoms with Gasteiger partial charge in [-0.05, 0) is 5.56 Å². The fourth-order valence-corrected chi connectivity index (χ4v) is 1.65. The van der Waals surface area contributed by atoms with E-state index in [4.69, 9.17) is 0 Å². The lowest BCUT2D eigenvalue weighted by atomic mass is 10.1. The van der Waals surface area contributed by atoms with Crippen molar-refractivity contribution in [1.29, 1.82) is 0 Å². The van der Waals surface area contributed by atoms with E-state index in [1.165, 1.54) is 6.08 Å². The quantitative estimate of drug-likeness (QED) is 0.364. The van der Waals surface area contributed by atoms with Crippen molar-refractivity contribution in [3.05, 3.63) is 87.6 Å². The number of nitrogens with zero attached hydrogens (tertiary/aromatic N) is 1. The van der Waals surface area contributed by atoms with Gasteiger partial charge in [0.25, 0.3) is 5.78 Å². The molecule has 0 unspecified atom stereocenters. The number of rotatable bonds is 4. The van der Waals surface area contributed by atoms with Gasteiger partial charge in [0.1, 0.15) is 0 Å². The smallest absolute Gasteiger partial charge is 0.282 e. The Hall–Kier alpha value is -2.75. The van der Waals surface area contributed by atoms with Crippen LogP contribution in [-0.2, 0) is 0 Å². The van der Waals surface area contributed by atoms with Crippen LogP contribution in [0.5, 0.6) is 0 Å². The Bertz CT molecular complexity index is 618. The fraction of sp³-hybridized carbons (Fsp3) is 0. The second-order valence-electron chi connectivity index (χ2n) is 3.89. The molecule has 0 aromatic heterocycles. The number of hydrogen-bond acceptors (Lipinski definition) is 3. The van der Waals surface area contributed by atoms with Crippen molar-refractivity contribution in [2.75, 3.05) is 0 Å². The van der Waals surface area contributed by atoms with Crippen molar-refractivity contribution < 1.29 is 9.72 Å². The van der Waals surface area contributed by atoms with Gasteiger partial charge in [0.2, 0.25) is 0 Å². The maximum atomic E-state index is 12.1. The second kappa shape index (κ2) is 5.73. The van der Waals surface area contributed by atoms with Gasteiger partial charge in [-0.2, -0.15) is 0 Å². The zero-order chi connectivity index (χ0) is 13.7. The number of ketones is 1. The molecule has 2 rings (SSSR count). The summed E-state index contributed by atoms with van der Waals surface area (Å²) in [6.07, 6.45) is 1.29. The molecule has 0 radical (unpaired) electrons. The van der Waals surface area contributed by atoms with Crippen molar-refractivity contribution in [1.82, 2.24) is 0 Å². The van der Waals surface area contributed by atoms with Gasteiger partial charge in [0.05, 0.1) is 4.92 Å². The van der Waals surface area contributed by atoms with Crippen LogP contribution < -0.4 is 0 Å². The van der Waals surface area contributed by atoms with Crippen LogP contribution in [-0.4, -0.2) is 10.7 Å². The van der Waals surface area contributed by atoms with Crippen LogP contribution in [0.3, 0.4) is 0 Å². The molecule has 4 nitrogen and oxygen atoms in total. The van der Waals surface area contributed by atoms with Crippen LogP contribution in [0.25, 0.3) is 6.08 Å². The molecule has 0 aliphatic rings. The standard InChI is InChI=1S/C15H11NO3/c17-15(13-9-5-2-6-10-13)14(16(18)19)11-12-7-3-1-4-8-12/h1-11H. The minimum atomic E-state index is -0.650. The Balaban J connectivity index is 2.40. The molecule has 0 saturated heterocycles. The third-order valence-electron chi connectivity index (χ3n) is 2.57. The summed E-state index contributed by atoms with van der Waals surface area (Å²) in [6, 6.07) is 17.0. The van der Waals surface area contributed by atoms with Crippen LogP contribution in [0.15, 0.2) is 66.4 Å². The summed E-state index contributed by atoms with van der Waals surface area (Å²) in [4.78, 5) is 22.5. The van der Waals surface area contributed by atoms with Crippen molar-refractivity contribution in [2.24, 2.45) is 0 Å². The molecule has 0 N–H and O–H groups in total. The van der Waals surface area contributed by atoms with E-state index >= 15 is 0 Å². The van der Waals surface area contributed by atoms with Gasteiger partial charge >= 0.3 is 5.70 Å². The third kappa shape index (κ3) is 3.13. The Morgan fingerprint density at radius 2 is 1.47 bits per heavy atom. The van der Waals surface area contributed by atoms with E-state index < -0.39 is 16.4 Å². The summed E-state index contributed by atoms with van der Waals surface area (Å²) in [7, 11) is 0. The summed E-state index contributed by atoms with van der Waals surface area (Å²) in [5.41, 5.74) is 0.497. The van der Waals surface area contributed by atoms with Crippen LogP contribution in [0.1, 0.15) is 15.9 Å². The van der Waals surface area contributed by atoms with E-state index in [1.807, 2.05) is 6.07 Å². The average Bonchev–Trinajstić information content (AvgIpc) is 2.46. The molecule has 94 valence electrons. The van der Waals surface area contributed by atoms with Gasteiger partial charge in [0.15, 0.2) is 0 Å². The molecule has 0 bridgehead atoms. The van der Waals surface area contributed by atoms with Crippen LogP contribution >= 0.6 is 0 Å². The van der Waals surface area contributed by atoms with Gasteiger partial charge < -0.3 is 0 Å². The average molecular weight is 253 g/mol. The molecular formula is C15H11NO3. The first-order valence-corrected chi connectivity index (χ1v) is 5.69. The molecule has 0 fully saturated rings. The molecule has 0 saturated carbocycles. The third-order valence-corrected chi connectivity index (χ3v) is 2.57. The summed E-state index contributed by atoms with van der Waals surface area (Å²) in [6.45, 7) is 0. The van der Waals surface area contributed by atoms with E-state index in [0.717, 1.165) is 0 Å². The van der Waals surface area contributed by atoms with E-state index in [9.17, 15) is 14.9 Å². The van der Waals surface area contributed by atoms with Crippen molar-refractivity contribution in [3.63, 3.8) is 0 Å². The van der Waals surface area contributed by atoms with Gasteiger partial charge in [0, 0.05) is 11.6 Å². The van der Waals surface area contributed by atoms with E-state index in [0.29, 0.717) is 11.1 Å². The van der Waals surface area contributed by atoms with E-state index in [-0.39, 0.29) is 0 Å². The normalized spacial score (nSPS) is 11.1. The topological polar surface area (TPSA) is 60.2 Å². The maximum Gasteiger partial charge on any atom is 0.317 e. The number of Topliss-reactive ketones (excluding diaryl/α,β-unsaturated/α-hetero) is 1. The molecular weight excluding hydrogens is 242 g/mol. The molecule has 2 aromatic rings. The Morgan fingerprint density at radius 1 is 0.947 bits per heavy atom. The first-order valence-electron chi connectivity index (χ1n) is 5.69. The van der Waals surface area contributed by atoms with Crippen molar-refractivity contribution in [3.8, 4) is 0 Å². The van der Waals surface area contributed by atoms with Crippen LogP contribution in [0, 0.1) is 10.1 Å². The monoisotopic (exact) mass is 253 g/mol. The van der Waals surface area contributed by atoms with Crippen molar-refractivity contribution >= 4 is 11.9 Å². The Morgan fingerprint density at radius 3 is 2.00 bits per heavy atom. The largest absolute Gasteiger partial charge is 0.317 e. The van der Waals surface area contributed by atoms with E-state index in [1.54, 1.807) is 54.6 Å². The summed E-state index contributed by atoms with van der Waals surface area (Å²) in [5, 5.41) is 11.0. The first-order chi connectivity index (χ1) is 9.18. The lowest BCUT2D eigenvalue weighted by molar-refractivity contribution is -0.415. The maximum absolute atomic E-state index is 12.1. The second-order valence-corrected chi connectivity index (χ2v) is 3.89. The fourth-order valence-electron chi connectivity index (χ4n) is 1.65. The Labute approximate surface area is 110 Å². The number of carbonyl (C=O) groups excluding carboxylic acids is 1. The molecule has 4 heteroatoms. The highest BCUT2D eigenvalue weighted by Crippen LogP contribution is 2.13. The van der Waals surface area contributed by atoms with Gasteiger partial charge in [-0.1, -0.05) is 60.7 Å². The Kier molecular flexibility index (Phi) is 3.83. The lowest BCUT2D eigenvalue weighted by Crippen LogP contribution is -2.11. The number of carbonyl (C=O) groups is 1. The zero-order valence-electron chi connectivity index (χ0n) is 10.0. The van der Waals surface area contributed by atoms with Gasteiger partial charge in [-0.3, -0.25) is 14.9 Å².